The number of hydrogen-bond acceptors (Lipinski definition) is 4. The van der Waals surface area contributed by atoms with Gasteiger partial charge in [-0.1, -0.05) is 30.3 Å². The smallest absolute Gasteiger partial charge is 0.262 e. The molecule has 0 unspecified atom stereocenters. The highest BCUT2D eigenvalue weighted by Gasteiger charge is 2.11. The van der Waals surface area contributed by atoms with Crippen LogP contribution < -0.4 is 5.56 Å². The lowest BCUT2D eigenvalue weighted by molar-refractivity contribution is 0.140. The highest BCUT2D eigenvalue weighted by atomic mass is 35.5. The third kappa shape index (κ3) is 4.24. The van der Waals surface area contributed by atoms with Crippen molar-refractivity contribution >= 4 is 34.3 Å². The fourth-order valence-electron chi connectivity index (χ4n) is 2.14. The van der Waals surface area contributed by atoms with Crippen molar-refractivity contribution in [1.29, 1.82) is 0 Å². The van der Waals surface area contributed by atoms with Gasteiger partial charge >= 0.3 is 0 Å². The van der Waals surface area contributed by atoms with Crippen molar-refractivity contribution in [2.24, 2.45) is 0 Å². The zero-order valence-electron chi connectivity index (χ0n) is 13.0. The Kier molecular flexibility index (Phi) is 6.73. The number of halogens is 1. The fraction of sp³-hybridized carbons (Fsp3) is 0.500. The lowest BCUT2D eigenvalue weighted by Crippen LogP contribution is -2.24. The summed E-state index contributed by atoms with van der Waals surface area (Å²) in [4.78, 5) is 17.3. The quantitative estimate of drug-likeness (QED) is 0.414. The molecule has 0 saturated heterocycles. The van der Waals surface area contributed by atoms with Gasteiger partial charge in [0.05, 0.1) is 10.9 Å². The lowest BCUT2D eigenvalue weighted by atomic mass is 10.2. The molecule has 0 radical (unpaired) electrons. The maximum absolute atomic E-state index is 12.7. The molecule has 0 amide bonds. The average Bonchev–Trinajstić information content (AvgIpc) is 2.51. The van der Waals surface area contributed by atoms with Gasteiger partial charge in [0.15, 0.2) is 5.16 Å². The minimum absolute atomic E-state index is 0.00299. The molecule has 1 aromatic heterocycles. The summed E-state index contributed by atoms with van der Waals surface area (Å²) in [5.74, 6) is 0.934. The molecule has 0 aliphatic rings. The predicted molar refractivity (Wildman–Crippen MR) is 93.1 cm³/mol. The van der Waals surface area contributed by atoms with Gasteiger partial charge in [-0.3, -0.25) is 9.36 Å². The number of aromatic nitrogens is 2. The van der Waals surface area contributed by atoms with E-state index >= 15 is 0 Å². The second kappa shape index (κ2) is 8.56. The van der Waals surface area contributed by atoms with Crippen LogP contribution in [0.3, 0.4) is 0 Å². The highest BCUT2D eigenvalue weighted by molar-refractivity contribution is 7.99. The van der Waals surface area contributed by atoms with Gasteiger partial charge in [0, 0.05) is 30.5 Å². The van der Waals surface area contributed by atoms with Crippen LogP contribution in [0.2, 0.25) is 5.02 Å². The molecule has 0 N–H and O–H groups in total. The van der Waals surface area contributed by atoms with E-state index in [4.69, 9.17) is 16.3 Å². The van der Waals surface area contributed by atoms with E-state index in [-0.39, 0.29) is 5.56 Å². The molecule has 0 aliphatic carbocycles. The average molecular weight is 341 g/mol. The molecule has 0 spiro atoms. The molecule has 1 heterocycles. The Balaban J connectivity index is 2.38. The number of nitrogens with zero attached hydrogens (tertiary/aromatic N) is 2. The van der Waals surface area contributed by atoms with E-state index in [9.17, 15) is 4.79 Å². The van der Waals surface area contributed by atoms with Crippen LogP contribution in [0.15, 0.2) is 28.2 Å². The van der Waals surface area contributed by atoms with Gasteiger partial charge < -0.3 is 4.74 Å². The van der Waals surface area contributed by atoms with Gasteiger partial charge in [-0.15, -0.1) is 0 Å². The first-order valence-electron chi connectivity index (χ1n) is 7.58. The van der Waals surface area contributed by atoms with Crippen LogP contribution in [0, 0.1) is 0 Å². The maximum Gasteiger partial charge on any atom is 0.262 e. The van der Waals surface area contributed by atoms with Crippen molar-refractivity contribution in [3.63, 3.8) is 0 Å². The standard InChI is InChI=1S/C16H21ClN2O2S/c1-3-10-22-16-18-14-11-12(17)6-7-13(14)15(20)19(16)8-5-9-21-4-2/h6-7,11H,3-5,8-10H2,1-2H3. The van der Waals surface area contributed by atoms with E-state index < -0.39 is 0 Å². The zero-order chi connectivity index (χ0) is 15.9. The molecule has 0 bridgehead atoms. The number of fused-ring (bicyclic) bond motifs is 1. The van der Waals surface area contributed by atoms with Crippen molar-refractivity contribution in [2.75, 3.05) is 19.0 Å². The lowest BCUT2D eigenvalue weighted by Gasteiger charge is -2.13. The first-order valence-corrected chi connectivity index (χ1v) is 8.94. The van der Waals surface area contributed by atoms with Crippen molar-refractivity contribution in [2.45, 2.75) is 38.4 Å². The Morgan fingerprint density at radius 1 is 1.36 bits per heavy atom. The van der Waals surface area contributed by atoms with Crippen LogP contribution in [-0.4, -0.2) is 28.5 Å². The highest BCUT2D eigenvalue weighted by Crippen LogP contribution is 2.21. The van der Waals surface area contributed by atoms with Crippen LogP contribution >= 0.6 is 23.4 Å². The van der Waals surface area contributed by atoms with E-state index in [1.54, 1.807) is 34.5 Å². The zero-order valence-corrected chi connectivity index (χ0v) is 14.5. The van der Waals surface area contributed by atoms with E-state index in [1.165, 1.54) is 0 Å². The molecule has 120 valence electrons. The van der Waals surface area contributed by atoms with Crippen LogP contribution in [0.1, 0.15) is 26.7 Å². The number of hydrogen-bond donors (Lipinski definition) is 0. The SMILES string of the molecule is CCCSc1nc2cc(Cl)ccc2c(=O)n1CCCOCC. The molecule has 2 rings (SSSR count). The summed E-state index contributed by atoms with van der Waals surface area (Å²) >= 11 is 7.63. The molecule has 0 saturated carbocycles. The van der Waals surface area contributed by atoms with Gasteiger partial charge in [-0.2, -0.15) is 0 Å². The summed E-state index contributed by atoms with van der Waals surface area (Å²) < 4.78 is 7.12. The number of benzene rings is 1. The molecule has 22 heavy (non-hydrogen) atoms. The third-order valence-corrected chi connectivity index (χ3v) is 4.61. The molecular weight excluding hydrogens is 320 g/mol. The van der Waals surface area contributed by atoms with E-state index in [0.717, 1.165) is 23.8 Å². The van der Waals surface area contributed by atoms with Crippen LogP contribution in [0.25, 0.3) is 10.9 Å². The summed E-state index contributed by atoms with van der Waals surface area (Å²) in [6, 6.07) is 5.23. The summed E-state index contributed by atoms with van der Waals surface area (Å²) in [6.45, 7) is 6.05. The van der Waals surface area contributed by atoms with E-state index in [0.29, 0.717) is 35.7 Å². The van der Waals surface area contributed by atoms with Crippen molar-refractivity contribution in [3.8, 4) is 0 Å². The molecule has 4 nitrogen and oxygen atoms in total. The van der Waals surface area contributed by atoms with Gasteiger partial charge in [-0.25, -0.2) is 4.98 Å². The summed E-state index contributed by atoms with van der Waals surface area (Å²) in [6.07, 6.45) is 1.83. The largest absolute Gasteiger partial charge is 0.382 e. The van der Waals surface area contributed by atoms with Gasteiger partial charge in [0.1, 0.15) is 0 Å². The molecular formula is C16H21ClN2O2S. The maximum atomic E-state index is 12.7. The van der Waals surface area contributed by atoms with Gasteiger partial charge in [0.2, 0.25) is 0 Å². The Hall–Kier alpha value is -1.04. The van der Waals surface area contributed by atoms with Gasteiger partial charge in [0.25, 0.3) is 5.56 Å². The second-order valence-electron chi connectivity index (χ2n) is 4.91. The Bertz CT molecular complexity index is 688. The molecule has 1 aromatic carbocycles. The molecule has 0 aliphatic heterocycles. The summed E-state index contributed by atoms with van der Waals surface area (Å²) in [5.41, 5.74) is 0.661. The topological polar surface area (TPSA) is 44.1 Å². The van der Waals surface area contributed by atoms with Crippen molar-refractivity contribution < 1.29 is 4.74 Å². The minimum atomic E-state index is -0.00299. The Labute approximate surface area is 139 Å². The molecule has 0 atom stereocenters. The number of rotatable bonds is 8. The predicted octanol–water partition coefficient (Wildman–Crippen LogP) is 3.98. The first-order chi connectivity index (χ1) is 10.7. The Morgan fingerprint density at radius 2 is 2.18 bits per heavy atom. The third-order valence-electron chi connectivity index (χ3n) is 3.19. The number of ether oxygens (including phenoxy) is 1. The minimum Gasteiger partial charge on any atom is -0.382 e. The van der Waals surface area contributed by atoms with Crippen LogP contribution in [0.4, 0.5) is 0 Å². The Morgan fingerprint density at radius 3 is 2.91 bits per heavy atom. The van der Waals surface area contributed by atoms with E-state index in [2.05, 4.69) is 11.9 Å². The van der Waals surface area contributed by atoms with Crippen LogP contribution in [0.5, 0.6) is 0 Å². The monoisotopic (exact) mass is 340 g/mol. The second-order valence-corrected chi connectivity index (χ2v) is 6.41. The molecule has 6 heteroatoms. The number of thioether (sulfide) groups is 1. The van der Waals surface area contributed by atoms with Crippen LogP contribution in [-0.2, 0) is 11.3 Å². The molecule has 2 aromatic rings. The normalized spacial score (nSPS) is 11.2. The summed E-state index contributed by atoms with van der Waals surface area (Å²) in [5, 5.41) is 1.97. The first kappa shape index (κ1) is 17.3. The van der Waals surface area contributed by atoms with Crippen molar-refractivity contribution in [1.82, 2.24) is 9.55 Å². The van der Waals surface area contributed by atoms with Gasteiger partial charge in [-0.05, 0) is 38.0 Å². The van der Waals surface area contributed by atoms with Crippen molar-refractivity contribution in [3.05, 3.63) is 33.6 Å². The van der Waals surface area contributed by atoms with E-state index in [1.807, 2.05) is 6.92 Å². The summed E-state index contributed by atoms with van der Waals surface area (Å²) in [7, 11) is 0. The fourth-order valence-corrected chi connectivity index (χ4v) is 3.19. The molecule has 0 fully saturated rings.